The lowest BCUT2D eigenvalue weighted by atomic mass is 9.88. The number of allylic oxidation sites excluding steroid dienone is 1. The molecule has 31 heavy (non-hydrogen) atoms. The Hall–Kier alpha value is -2.84. The highest BCUT2D eigenvalue weighted by atomic mass is 16.5. The van der Waals surface area contributed by atoms with Crippen LogP contribution < -0.4 is 4.74 Å². The van der Waals surface area contributed by atoms with E-state index in [0.717, 1.165) is 31.7 Å². The molecule has 1 aliphatic heterocycles. The molecular weight excluding hydrogens is 378 g/mol. The Morgan fingerprint density at radius 3 is 2.03 bits per heavy atom. The van der Waals surface area contributed by atoms with Crippen LogP contribution in [-0.4, -0.2) is 31.1 Å². The van der Waals surface area contributed by atoms with E-state index >= 15 is 0 Å². The van der Waals surface area contributed by atoms with Crippen molar-refractivity contribution in [3.63, 3.8) is 0 Å². The van der Waals surface area contributed by atoms with Gasteiger partial charge >= 0.3 is 0 Å². The summed E-state index contributed by atoms with van der Waals surface area (Å²) in [4.78, 5) is 2.49. The highest BCUT2D eigenvalue weighted by Crippen LogP contribution is 2.31. The average Bonchev–Trinajstić information content (AvgIpc) is 3.34. The Kier molecular flexibility index (Phi) is 7.57. The van der Waals surface area contributed by atoms with Gasteiger partial charge in [0.25, 0.3) is 0 Å². The first-order chi connectivity index (χ1) is 15.3. The molecule has 2 nitrogen and oxygen atoms in total. The van der Waals surface area contributed by atoms with Gasteiger partial charge in [0.1, 0.15) is 12.4 Å². The molecule has 2 heteroatoms. The van der Waals surface area contributed by atoms with Crippen LogP contribution in [0.25, 0.3) is 5.57 Å². The van der Waals surface area contributed by atoms with E-state index in [0.29, 0.717) is 0 Å². The van der Waals surface area contributed by atoms with Crippen LogP contribution in [0.3, 0.4) is 0 Å². The second-order valence-electron chi connectivity index (χ2n) is 8.28. The Morgan fingerprint density at radius 1 is 0.774 bits per heavy atom. The summed E-state index contributed by atoms with van der Waals surface area (Å²) in [5.41, 5.74) is 6.69. The van der Waals surface area contributed by atoms with Gasteiger partial charge in [0, 0.05) is 6.54 Å². The predicted octanol–water partition coefficient (Wildman–Crippen LogP) is 6.62. The standard InChI is InChI=1S/C29H33NO/c1-2-25(23-24-11-5-3-6-12-24)29(26-13-7-4-8-14-26)27-15-17-28(18-16-27)31-22-21-30-19-9-10-20-30/h3-8,11-18H,2,9-10,19-23H2,1H3/b29-25-. The number of hydrogen-bond donors (Lipinski definition) is 0. The molecule has 160 valence electrons. The van der Waals surface area contributed by atoms with E-state index in [1.165, 1.54) is 53.8 Å². The molecule has 0 atom stereocenters. The van der Waals surface area contributed by atoms with E-state index < -0.39 is 0 Å². The molecule has 4 rings (SSSR count). The van der Waals surface area contributed by atoms with Gasteiger partial charge in [-0.3, -0.25) is 4.90 Å². The molecule has 0 saturated carbocycles. The minimum atomic E-state index is 0.759. The molecule has 0 N–H and O–H groups in total. The first-order valence-electron chi connectivity index (χ1n) is 11.6. The summed E-state index contributed by atoms with van der Waals surface area (Å²) >= 11 is 0. The lowest BCUT2D eigenvalue weighted by Crippen LogP contribution is -2.25. The number of benzene rings is 3. The number of ether oxygens (including phenoxy) is 1. The second kappa shape index (κ2) is 11.0. The molecule has 0 amide bonds. The van der Waals surface area contributed by atoms with Gasteiger partial charge in [0.15, 0.2) is 0 Å². The second-order valence-corrected chi connectivity index (χ2v) is 8.28. The molecule has 0 radical (unpaired) electrons. The maximum absolute atomic E-state index is 6.03. The summed E-state index contributed by atoms with van der Waals surface area (Å²) in [5, 5.41) is 0. The van der Waals surface area contributed by atoms with Crippen LogP contribution in [0.15, 0.2) is 90.5 Å². The third-order valence-corrected chi connectivity index (χ3v) is 6.12. The van der Waals surface area contributed by atoms with Crippen molar-refractivity contribution in [2.75, 3.05) is 26.2 Å². The monoisotopic (exact) mass is 411 g/mol. The zero-order valence-corrected chi connectivity index (χ0v) is 18.6. The van der Waals surface area contributed by atoms with Gasteiger partial charge in [0.05, 0.1) is 0 Å². The molecule has 0 aromatic heterocycles. The van der Waals surface area contributed by atoms with Crippen molar-refractivity contribution < 1.29 is 4.74 Å². The van der Waals surface area contributed by atoms with Crippen molar-refractivity contribution in [2.24, 2.45) is 0 Å². The van der Waals surface area contributed by atoms with Crippen LogP contribution in [0.5, 0.6) is 5.75 Å². The predicted molar refractivity (Wildman–Crippen MR) is 131 cm³/mol. The number of hydrogen-bond acceptors (Lipinski definition) is 2. The summed E-state index contributed by atoms with van der Waals surface area (Å²) in [6.07, 6.45) is 4.64. The minimum Gasteiger partial charge on any atom is -0.492 e. The van der Waals surface area contributed by atoms with E-state index in [9.17, 15) is 0 Å². The molecule has 3 aromatic rings. The van der Waals surface area contributed by atoms with E-state index in [2.05, 4.69) is 96.8 Å². The van der Waals surface area contributed by atoms with Crippen molar-refractivity contribution >= 4 is 5.57 Å². The molecular formula is C29H33NO. The Bertz CT molecular complexity index is 955. The largest absolute Gasteiger partial charge is 0.492 e. The lowest BCUT2D eigenvalue weighted by molar-refractivity contribution is 0.238. The first kappa shape index (κ1) is 21.4. The molecule has 0 bridgehead atoms. The van der Waals surface area contributed by atoms with Gasteiger partial charge in [-0.05, 0) is 73.2 Å². The summed E-state index contributed by atoms with van der Waals surface area (Å²) < 4.78 is 6.03. The Morgan fingerprint density at radius 2 is 1.39 bits per heavy atom. The first-order valence-corrected chi connectivity index (χ1v) is 11.6. The SMILES string of the molecule is CC/C(Cc1ccccc1)=C(\c1ccccc1)c1ccc(OCCN2CCCC2)cc1. The number of likely N-dealkylation sites (tertiary alicyclic amines) is 1. The van der Waals surface area contributed by atoms with Crippen LogP contribution >= 0.6 is 0 Å². The minimum absolute atomic E-state index is 0.759. The summed E-state index contributed by atoms with van der Waals surface area (Å²) in [6.45, 7) is 6.48. The van der Waals surface area contributed by atoms with Crippen molar-refractivity contribution in [3.8, 4) is 5.75 Å². The zero-order chi connectivity index (χ0) is 21.3. The van der Waals surface area contributed by atoms with E-state index in [4.69, 9.17) is 4.74 Å². The van der Waals surface area contributed by atoms with Crippen molar-refractivity contribution in [1.29, 1.82) is 0 Å². The third kappa shape index (κ3) is 5.86. The number of nitrogens with zero attached hydrogens (tertiary/aromatic N) is 1. The van der Waals surface area contributed by atoms with Crippen LogP contribution in [-0.2, 0) is 6.42 Å². The van der Waals surface area contributed by atoms with Crippen LogP contribution in [0.1, 0.15) is 42.9 Å². The van der Waals surface area contributed by atoms with E-state index in [1.54, 1.807) is 0 Å². The van der Waals surface area contributed by atoms with Crippen molar-refractivity contribution in [2.45, 2.75) is 32.6 Å². The maximum Gasteiger partial charge on any atom is 0.119 e. The maximum atomic E-state index is 6.03. The molecule has 0 aliphatic carbocycles. The number of rotatable bonds is 9. The highest BCUT2D eigenvalue weighted by molar-refractivity contribution is 5.82. The molecule has 3 aromatic carbocycles. The Balaban J connectivity index is 1.56. The average molecular weight is 412 g/mol. The highest BCUT2D eigenvalue weighted by Gasteiger charge is 2.13. The van der Waals surface area contributed by atoms with Crippen LogP contribution in [0.2, 0.25) is 0 Å². The van der Waals surface area contributed by atoms with Gasteiger partial charge in [0.2, 0.25) is 0 Å². The van der Waals surface area contributed by atoms with E-state index in [1.807, 2.05) is 0 Å². The van der Waals surface area contributed by atoms with Gasteiger partial charge in [-0.15, -0.1) is 0 Å². The van der Waals surface area contributed by atoms with E-state index in [-0.39, 0.29) is 0 Å². The van der Waals surface area contributed by atoms with Gasteiger partial charge in [-0.1, -0.05) is 85.3 Å². The summed E-state index contributed by atoms with van der Waals surface area (Å²) in [5.74, 6) is 0.955. The zero-order valence-electron chi connectivity index (χ0n) is 18.6. The molecule has 0 unspecified atom stereocenters. The van der Waals surface area contributed by atoms with Crippen LogP contribution in [0, 0.1) is 0 Å². The molecule has 0 spiro atoms. The van der Waals surface area contributed by atoms with Crippen LogP contribution in [0.4, 0.5) is 0 Å². The fourth-order valence-corrected chi connectivity index (χ4v) is 4.43. The fraction of sp³-hybridized carbons (Fsp3) is 0.310. The summed E-state index contributed by atoms with van der Waals surface area (Å²) in [6, 6.07) is 30.2. The summed E-state index contributed by atoms with van der Waals surface area (Å²) in [7, 11) is 0. The Labute approximate surface area is 187 Å². The van der Waals surface area contributed by atoms with Crippen molar-refractivity contribution in [1.82, 2.24) is 4.90 Å². The van der Waals surface area contributed by atoms with Gasteiger partial charge in [-0.25, -0.2) is 0 Å². The normalized spacial score (nSPS) is 15.0. The third-order valence-electron chi connectivity index (χ3n) is 6.12. The fourth-order valence-electron chi connectivity index (χ4n) is 4.43. The molecule has 1 fully saturated rings. The lowest BCUT2D eigenvalue weighted by Gasteiger charge is -2.17. The molecule has 1 aliphatic rings. The van der Waals surface area contributed by atoms with Gasteiger partial charge < -0.3 is 4.74 Å². The smallest absolute Gasteiger partial charge is 0.119 e. The molecule has 1 heterocycles. The quantitative estimate of drug-likeness (QED) is 0.392. The van der Waals surface area contributed by atoms with Gasteiger partial charge in [-0.2, -0.15) is 0 Å². The molecule has 1 saturated heterocycles. The topological polar surface area (TPSA) is 12.5 Å². The van der Waals surface area contributed by atoms with Crippen molar-refractivity contribution in [3.05, 3.63) is 107 Å².